The first-order valence-corrected chi connectivity index (χ1v) is 8.19. The number of carbonyl (C=O) groups is 1. The van der Waals surface area contributed by atoms with Crippen molar-refractivity contribution in [1.82, 2.24) is 16.0 Å². The highest BCUT2D eigenvalue weighted by molar-refractivity contribution is 14.0. The molecule has 1 rings (SSSR count). The molecule has 0 saturated heterocycles. The molecule has 1 amide bonds. The fraction of sp³-hybridized carbons (Fsp3) is 0.529. The molecule has 25 heavy (non-hydrogen) atoms. The van der Waals surface area contributed by atoms with E-state index in [1.165, 1.54) is 0 Å². The van der Waals surface area contributed by atoms with Crippen LogP contribution in [0, 0.1) is 0 Å². The fourth-order valence-corrected chi connectivity index (χ4v) is 1.96. The molecule has 142 valence electrons. The average Bonchev–Trinajstić information content (AvgIpc) is 2.58. The first-order valence-electron chi connectivity index (χ1n) is 8.19. The smallest absolute Gasteiger partial charge is 0.241 e. The van der Waals surface area contributed by atoms with Crippen molar-refractivity contribution in [2.45, 2.75) is 26.9 Å². The van der Waals surface area contributed by atoms with Gasteiger partial charge >= 0.3 is 0 Å². The summed E-state index contributed by atoms with van der Waals surface area (Å²) in [7, 11) is 1.61. The number of nitrogens with zero attached hydrogens (tertiary/aromatic N) is 1. The molecular formula is C17H29IN4O3. The maximum Gasteiger partial charge on any atom is 0.241 e. The Morgan fingerprint density at radius 2 is 1.76 bits per heavy atom. The van der Waals surface area contributed by atoms with E-state index < -0.39 is 0 Å². The van der Waals surface area contributed by atoms with Crippen LogP contribution in [0.3, 0.4) is 0 Å². The van der Waals surface area contributed by atoms with Crippen molar-refractivity contribution in [2.75, 3.05) is 33.3 Å². The van der Waals surface area contributed by atoms with E-state index in [-0.39, 0.29) is 42.5 Å². The highest BCUT2D eigenvalue weighted by Crippen LogP contribution is 2.26. The Labute approximate surface area is 167 Å². The number of benzene rings is 1. The third-order valence-electron chi connectivity index (χ3n) is 3.05. The molecule has 1 atom stereocenters. The largest absolute Gasteiger partial charge is 0.493 e. The lowest BCUT2D eigenvalue weighted by Crippen LogP contribution is -2.42. The molecule has 0 heterocycles. The molecule has 1 aromatic carbocycles. The number of likely N-dealkylation sites (N-methyl/N-ethyl adjacent to an activating group) is 1. The second-order valence-corrected chi connectivity index (χ2v) is 5.11. The van der Waals surface area contributed by atoms with Crippen LogP contribution in [-0.2, 0) is 4.79 Å². The molecule has 0 aliphatic heterocycles. The predicted molar refractivity (Wildman–Crippen MR) is 111 cm³/mol. The number of para-hydroxylation sites is 2. The van der Waals surface area contributed by atoms with Crippen LogP contribution in [0.1, 0.15) is 20.8 Å². The topological polar surface area (TPSA) is 84.0 Å². The molecule has 0 bridgehead atoms. The van der Waals surface area contributed by atoms with Crippen molar-refractivity contribution in [1.29, 1.82) is 0 Å². The van der Waals surface area contributed by atoms with Gasteiger partial charge in [0, 0.05) is 13.1 Å². The maximum atomic E-state index is 11.5. The van der Waals surface area contributed by atoms with Crippen molar-refractivity contribution in [2.24, 2.45) is 4.99 Å². The van der Waals surface area contributed by atoms with E-state index in [1.807, 2.05) is 45.0 Å². The lowest BCUT2D eigenvalue weighted by atomic mass is 10.3. The summed E-state index contributed by atoms with van der Waals surface area (Å²) >= 11 is 0. The summed E-state index contributed by atoms with van der Waals surface area (Å²) in [6.45, 7) is 7.74. The van der Waals surface area contributed by atoms with Crippen LogP contribution < -0.4 is 25.4 Å². The van der Waals surface area contributed by atoms with E-state index in [2.05, 4.69) is 20.9 Å². The Balaban J connectivity index is 0.00000576. The highest BCUT2D eigenvalue weighted by atomic mass is 127. The van der Waals surface area contributed by atoms with E-state index in [0.29, 0.717) is 37.1 Å². The first kappa shape index (κ1) is 23.3. The van der Waals surface area contributed by atoms with E-state index in [0.717, 1.165) is 0 Å². The summed E-state index contributed by atoms with van der Waals surface area (Å²) < 4.78 is 11.2. The van der Waals surface area contributed by atoms with Gasteiger partial charge < -0.3 is 25.4 Å². The van der Waals surface area contributed by atoms with Crippen molar-refractivity contribution >= 4 is 35.8 Å². The molecule has 0 radical (unpaired) electrons. The number of hydrogen-bond donors (Lipinski definition) is 3. The van der Waals surface area contributed by atoms with Crippen molar-refractivity contribution in [3.8, 4) is 11.5 Å². The molecule has 0 aliphatic carbocycles. The second-order valence-electron chi connectivity index (χ2n) is 5.11. The van der Waals surface area contributed by atoms with Crippen molar-refractivity contribution in [3.63, 3.8) is 0 Å². The Bertz CT molecular complexity index is 540. The van der Waals surface area contributed by atoms with Gasteiger partial charge in [-0.15, -0.1) is 24.0 Å². The van der Waals surface area contributed by atoms with Gasteiger partial charge in [0.15, 0.2) is 17.5 Å². The summed E-state index contributed by atoms with van der Waals surface area (Å²) in [5.74, 6) is 1.87. The normalized spacial score (nSPS) is 11.8. The zero-order valence-electron chi connectivity index (χ0n) is 15.3. The molecule has 0 fully saturated rings. The molecule has 0 spiro atoms. The average molecular weight is 464 g/mol. The van der Waals surface area contributed by atoms with Crippen LogP contribution in [0.4, 0.5) is 0 Å². The number of guanidine groups is 1. The molecule has 0 aliphatic rings. The van der Waals surface area contributed by atoms with Crippen LogP contribution >= 0.6 is 24.0 Å². The summed E-state index contributed by atoms with van der Waals surface area (Å²) in [6.07, 6.45) is -0.102. The molecule has 1 aromatic rings. The van der Waals surface area contributed by atoms with Gasteiger partial charge in [0.05, 0.1) is 13.7 Å². The van der Waals surface area contributed by atoms with Crippen LogP contribution in [0.15, 0.2) is 29.3 Å². The summed E-state index contributed by atoms with van der Waals surface area (Å²) in [5.41, 5.74) is 0. The number of amides is 1. The highest BCUT2D eigenvalue weighted by Gasteiger charge is 2.09. The summed E-state index contributed by atoms with van der Waals surface area (Å²) in [5, 5.41) is 8.98. The van der Waals surface area contributed by atoms with Crippen molar-refractivity contribution < 1.29 is 14.3 Å². The summed E-state index contributed by atoms with van der Waals surface area (Å²) in [6, 6.07) is 7.51. The molecule has 3 N–H and O–H groups in total. The molecular weight excluding hydrogens is 435 g/mol. The quantitative estimate of drug-likeness (QED) is 0.295. The van der Waals surface area contributed by atoms with Gasteiger partial charge in [-0.3, -0.25) is 4.79 Å². The predicted octanol–water partition coefficient (Wildman–Crippen LogP) is 1.77. The standard InChI is InChI=1S/C17H28N4O3.HI/c1-5-18-16(22)12-21-17(19-6-2)20-11-13(3)24-15-10-8-7-9-14(15)23-4;/h7-10,13H,5-6,11-12H2,1-4H3,(H,18,22)(H2,19,20,21);1H. The second kappa shape index (κ2) is 13.6. The Morgan fingerprint density at radius 1 is 1.12 bits per heavy atom. The minimum Gasteiger partial charge on any atom is -0.493 e. The molecule has 1 unspecified atom stereocenters. The minimum absolute atomic E-state index is 0. The van der Waals surface area contributed by atoms with Gasteiger partial charge in [-0.2, -0.15) is 0 Å². The number of methoxy groups -OCH3 is 1. The number of carbonyl (C=O) groups excluding carboxylic acids is 1. The van der Waals surface area contributed by atoms with E-state index in [9.17, 15) is 4.79 Å². The van der Waals surface area contributed by atoms with E-state index >= 15 is 0 Å². The molecule has 7 nitrogen and oxygen atoms in total. The van der Waals surface area contributed by atoms with Crippen LogP contribution in [0.25, 0.3) is 0 Å². The molecule has 8 heteroatoms. The Morgan fingerprint density at radius 3 is 2.36 bits per heavy atom. The molecule has 0 saturated carbocycles. The number of hydrogen-bond acceptors (Lipinski definition) is 4. The van der Waals surface area contributed by atoms with Crippen molar-refractivity contribution in [3.05, 3.63) is 24.3 Å². The fourth-order valence-electron chi connectivity index (χ4n) is 1.96. The maximum absolute atomic E-state index is 11.5. The number of aliphatic imine (C=N–C) groups is 1. The lowest BCUT2D eigenvalue weighted by Gasteiger charge is -2.19. The Kier molecular flexibility index (Phi) is 12.6. The number of nitrogens with one attached hydrogen (secondary N) is 3. The third kappa shape index (κ3) is 9.37. The first-order chi connectivity index (χ1) is 11.6. The van der Waals surface area contributed by atoms with Gasteiger partial charge in [-0.1, -0.05) is 12.1 Å². The van der Waals surface area contributed by atoms with Crippen LogP contribution in [0.5, 0.6) is 11.5 Å². The minimum atomic E-state index is -0.104. The van der Waals surface area contributed by atoms with E-state index in [1.54, 1.807) is 7.11 Å². The third-order valence-corrected chi connectivity index (χ3v) is 3.05. The van der Waals surface area contributed by atoms with Crippen LogP contribution in [-0.4, -0.2) is 51.3 Å². The van der Waals surface area contributed by atoms with Gasteiger partial charge in [-0.05, 0) is 32.9 Å². The zero-order valence-corrected chi connectivity index (χ0v) is 17.6. The van der Waals surface area contributed by atoms with Crippen LogP contribution in [0.2, 0.25) is 0 Å². The number of halogens is 1. The monoisotopic (exact) mass is 464 g/mol. The van der Waals surface area contributed by atoms with Gasteiger partial charge in [0.1, 0.15) is 12.6 Å². The van der Waals surface area contributed by atoms with Gasteiger partial charge in [0.2, 0.25) is 5.91 Å². The number of ether oxygens (including phenoxy) is 2. The van der Waals surface area contributed by atoms with Gasteiger partial charge in [-0.25, -0.2) is 4.99 Å². The zero-order chi connectivity index (χ0) is 17.8. The summed E-state index contributed by atoms with van der Waals surface area (Å²) in [4.78, 5) is 15.7. The number of rotatable bonds is 9. The van der Waals surface area contributed by atoms with Gasteiger partial charge in [0.25, 0.3) is 0 Å². The van der Waals surface area contributed by atoms with E-state index in [4.69, 9.17) is 9.47 Å². The Hall–Kier alpha value is -1.71. The SMILES string of the molecule is CCNC(=O)CN=C(NCC)NCC(C)Oc1ccccc1OC.I. The molecule has 0 aromatic heterocycles. The lowest BCUT2D eigenvalue weighted by molar-refractivity contribution is -0.119.